The Morgan fingerprint density at radius 1 is 0.897 bits per heavy atom. The number of carbonyl (C=O) groups excluding carboxylic acids is 1. The fourth-order valence-electron chi connectivity index (χ4n) is 3.01. The Hall–Kier alpha value is -3.38. The van der Waals surface area contributed by atoms with Crippen molar-refractivity contribution < 1.29 is 4.79 Å². The van der Waals surface area contributed by atoms with Crippen LogP contribution < -0.4 is 10.9 Å². The molecule has 0 radical (unpaired) electrons. The van der Waals surface area contributed by atoms with Crippen LogP contribution >= 0.6 is 11.8 Å². The van der Waals surface area contributed by atoms with E-state index in [-0.39, 0.29) is 17.2 Å². The van der Waals surface area contributed by atoms with Gasteiger partial charge < -0.3 is 5.32 Å². The van der Waals surface area contributed by atoms with Crippen LogP contribution in [0.1, 0.15) is 5.56 Å². The fourth-order valence-corrected chi connectivity index (χ4v) is 3.81. The van der Waals surface area contributed by atoms with Gasteiger partial charge in [-0.1, -0.05) is 72.4 Å². The molecule has 0 saturated heterocycles. The van der Waals surface area contributed by atoms with E-state index in [2.05, 4.69) is 10.3 Å². The number of carbonyl (C=O) groups is 1. The van der Waals surface area contributed by atoms with Crippen LogP contribution in [0.15, 0.2) is 94.9 Å². The summed E-state index contributed by atoms with van der Waals surface area (Å²) in [7, 11) is 0. The molecular weight excluding hydrogens is 382 g/mol. The average molecular weight is 401 g/mol. The third-order valence-electron chi connectivity index (χ3n) is 4.40. The Morgan fingerprint density at radius 2 is 1.55 bits per heavy atom. The summed E-state index contributed by atoms with van der Waals surface area (Å²) in [5, 5.41) is 3.96. The molecule has 0 spiro atoms. The molecule has 4 aromatic rings. The molecule has 1 heterocycles. The molecule has 3 aromatic carbocycles. The zero-order valence-corrected chi connectivity index (χ0v) is 16.4. The minimum atomic E-state index is -0.144. The zero-order valence-electron chi connectivity index (χ0n) is 15.6. The van der Waals surface area contributed by atoms with Crippen LogP contribution in [0.5, 0.6) is 0 Å². The number of anilines is 1. The van der Waals surface area contributed by atoms with E-state index >= 15 is 0 Å². The van der Waals surface area contributed by atoms with Crippen molar-refractivity contribution in [3.8, 4) is 0 Å². The first-order valence-corrected chi connectivity index (χ1v) is 10.2. The van der Waals surface area contributed by atoms with E-state index in [0.717, 1.165) is 11.3 Å². The summed E-state index contributed by atoms with van der Waals surface area (Å²) in [5.41, 5.74) is 2.27. The normalized spacial score (nSPS) is 10.8. The number of para-hydroxylation sites is 2. The topological polar surface area (TPSA) is 64.0 Å². The Kier molecular flexibility index (Phi) is 5.72. The van der Waals surface area contributed by atoms with Gasteiger partial charge in [0, 0.05) is 5.69 Å². The van der Waals surface area contributed by atoms with E-state index in [0.29, 0.717) is 22.6 Å². The second-order valence-corrected chi connectivity index (χ2v) is 7.43. The van der Waals surface area contributed by atoms with Crippen molar-refractivity contribution >= 4 is 34.3 Å². The summed E-state index contributed by atoms with van der Waals surface area (Å²) in [4.78, 5) is 30.1. The number of benzene rings is 3. The number of thioether (sulfide) groups is 1. The van der Waals surface area contributed by atoms with Crippen LogP contribution in [0, 0.1) is 0 Å². The Bertz CT molecular complexity index is 1190. The molecule has 0 aliphatic rings. The maximum atomic E-state index is 13.1. The number of hydrogen-bond donors (Lipinski definition) is 1. The molecule has 0 aliphatic carbocycles. The second kappa shape index (κ2) is 8.75. The molecule has 0 bridgehead atoms. The Morgan fingerprint density at radius 3 is 2.31 bits per heavy atom. The molecule has 0 unspecified atom stereocenters. The van der Waals surface area contributed by atoms with Gasteiger partial charge in [-0.25, -0.2) is 4.98 Å². The maximum Gasteiger partial charge on any atom is 0.262 e. The molecule has 0 aliphatic heterocycles. The molecule has 5 nitrogen and oxygen atoms in total. The smallest absolute Gasteiger partial charge is 0.262 e. The van der Waals surface area contributed by atoms with Gasteiger partial charge in [0.25, 0.3) is 5.56 Å². The minimum absolute atomic E-state index is 0.106. The molecule has 1 N–H and O–H groups in total. The summed E-state index contributed by atoms with van der Waals surface area (Å²) in [5.74, 6) is 0.0175. The molecular formula is C23H19N3O2S. The van der Waals surface area contributed by atoms with Gasteiger partial charge in [-0.2, -0.15) is 0 Å². The minimum Gasteiger partial charge on any atom is -0.325 e. The van der Waals surface area contributed by atoms with Crippen LogP contribution in [-0.4, -0.2) is 21.2 Å². The van der Waals surface area contributed by atoms with Gasteiger partial charge >= 0.3 is 0 Å². The first-order chi connectivity index (χ1) is 14.2. The lowest BCUT2D eigenvalue weighted by Crippen LogP contribution is -2.24. The summed E-state index contributed by atoms with van der Waals surface area (Å²) in [6, 6.07) is 26.3. The highest BCUT2D eigenvalue weighted by atomic mass is 32.2. The zero-order chi connectivity index (χ0) is 20.1. The lowest BCUT2D eigenvalue weighted by atomic mass is 10.2. The van der Waals surface area contributed by atoms with Crippen molar-refractivity contribution in [2.24, 2.45) is 0 Å². The lowest BCUT2D eigenvalue weighted by Gasteiger charge is -2.13. The molecule has 1 aromatic heterocycles. The van der Waals surface area contributed by atoms with Gasteiger partial charge in [-0.3, -0.25) is 14.2 Å². The third kappa shape index (κ3) is 4.55. The molecule has 29 heavy (non-hydrogen) atoms. The van der Waals surface area contributed by atoms with Gasteiger partial charge in [0.15, 0.2) is 5.16 Å². The summed E-state index contributed by atoms with van der Waals surface area (Å²) >= 11 is 1.26. The first kappa shape index (κ1) is 19.0. The number of amides is 1. The molecule has 0 fully saturated rings. The maximum absolute atomic E-state index is 13.1. The monoisotopic (exact) mass is 401 g/mol. The number of fused-ring (bicyclic) bond motifs is 1. The van der Waals surface area contributed by atoms with E-state index in [4.69, 9.17) is 0 Å². The summed E-state index contributed by atoms with van der Waals surface area (Å²) in [6.07, 6.45) is 0. The van der Waals surface area contributed by atoms with Crippen LogP contribution in [-0.2, 0) is 11.3 Å². The highest BCUT2D eigenvalue weighted by molar-refractivity contribution is 7.99. The largest absolute Gasteiger partial charge is 0.325 e. The standard InChI is InChI=1S/C23H19N3O2S/c27-21(24-18-11-5-2-6-12-18)16-29-23-25-20-14-8-7-13-19(20)22(28)26(23)15-17-9-3-1-4-10-17/h1-14H,15-16H2,(H,24,27). The van der Waals surface area contributed by atoms with Crippen molar-refractivity contribution in [3.05, 3.63) is 101 Å². The van der Waals surface area contributed by atoms with Crippen molar-refractivity contribution in [1.82, 2.24) is 9.55 Å². The van der Waals surface area contributed by atoms with Gasteiger partial charge in [-0.15, -0.1) is 0 Å². The third-order valence-corrected chi connectivity index (χ3v) is 5.38. The highest BCUT2D eigenvalue weighted by Crippen LogP contribution is 2.19. The Labute approximate surface area is 172 Å². The molecule has 144 valence electrons. The molecule has 0 atom stereocenters. The van der Waals surface area contributed by atoms with Gasteiger partial charge in [0.05, 0.1) is 23.2 Å². The van der Waals surface area contributed by atoms with Crippen LogP contribution in [0.4, 0.5) is 5.69 Å². The second-order valence-electron chi connectivity index (χ2n) is 6.49. The molecule has 4 rings (SSSR count). The van der Waals surface area contributed by atoms with E-state index in [9.17, 15) is 9.59 Å². The summed E-state index contributed by atoms with van der Waals surface area (Å²) in [6.45, 7) is 0.403. The first-order valence-electron chi connectivity index (χ1n) is 9.22. The van der Waals surface area contributed by atoms with Gasteiger partial charge in [0.1, 0.15) is 0 Å². The predicted octanol–water partition coefficient (Wildman–Crippen LogP) is 4.18. The number of nitrogens with zero attached hydrogens (tertiary/aromatic N) is 2. The average Bonchev–Trinajstić information content (AvgIpc) is 2.76. The van der Waals surface area contributed by atoms with E-state index in [1.54, 1.807) is 10.6 Å². The van der Waals surface area contributed by atoms with Crippen molar-refractivity contribution in [2.75, 3.05) is 11.1 Å². The lowest BCUT2D eigenvalue weighted by molar-refractivity contribution is -0.113. The van der Waals surface area contributed by atoms with Gasteiger partial charge in [-0.05, 0) is 29.8 Å². The summed E-state index contributed by atoms with van der Waals surface area (Å²) < 4.78 is 1.64. The SMILES string of the molecule is O=C(CSc1nc2ccccc2c(=O)n1Cc1ccccc1)Nc1ccccc1. The van der Waals surface area contributed by atoms with E-state index < -0.39 is 0 Å². The Balaban J connectivity index is 1.62. The molecule has 6 heteroatoms. The van der Waals surface area contributed by atoms with E-state index in [1.165, 1.54) is 11.8 Å². The number of nitrogens with one attached hydrogen (secondary N) is 1. The van der Waals surface area contributed by atoms with Crippen LogP contribution in [0.2, 0.25) is 0 Å². The number of hydrogen-bond acceptors (Lipinski definition) is 4. The van der Waals surface area contributed by atoms with Gasteiger partial charge in [0.2, 0.25) is 5.91 Å². The highest BCUT2D eigenvalue weighted by Gasteiger charge is 2.14. The van der Waals surface area contributed by atoms with Crippen molar-refractivity contribution in [1.29, 1.82) is 0 Å². The number of rotatable bonds is 6. The predicted molar refractivity (Wildman–Crippen MR) is 117 cm³/mol. The van der Waals surface area contributed by atoms with Crippen molar-refractivity contribution in [3.63, 3.8) is 0 Å². The van der Waals surface area contributed by atoms with Crippen LogP contribution in [0.25, 0.3) is 10.9 Å². The van der Waals surface area contributed by atoms with Crippen molar-refractivity contribution in [2.45, 2.75) is 11.7 Å². The molecule has 1 amide bonds. The fraction of sp³-hybridized carbons (Fsp3) is 0.0870. The van der Waals surface area contributed by atoms with E-state index in [1.807, 2.05) is 78.9 Å². The number of aromatic nitrogens is 2. The quantitative estimate of drug-likeness (QED) is 0.389. The van der Waals surface area contributed by atoms with Crippen LogP contribution in [0.3, 0.4) is 0 Å². The molecule has 0 saturated carbocycles.